The van der Waals surface area contributed by atoms with E-state index < -0.39 is 5.54 Å². The van der Waals surface area contributed by atoms with Crippen molar-refractivity contribution in [2.45, 2.75) is 31.7 Å². The van der Waals surface area contributed by atoms with Crippen LogP contribution in [0.1, 0.15) is 26.2 Å². The number of ether oxygens (including phenoxy) is 1. The van der Waals surface area contributed by atoms with E-state index in [0.717, 1.165) is 36.0 Å². The lowest BCUT2D eigenvalue weighted by atomic mass is 9.93. The van der Waals surface area contributed by atoms with Crippen molar-refractivity contribution < 1.29 is 9.53 Å². The number of hydrogen-bond acceptors (Lipinski definition) is 3. The van der Waals surface area contributed by atoms with Crippen LogP contribution in [0.3, 0.4) is 0 Å². The number of carbonyl (C=O) groups excluding carboxylic acids is 1. The van der Waals surface area contributed by atoms with E-state index in [1.54, 1.807) is 7.11 Å². The lowest BCUT2D eigenvalue weighted by Gasteiger charge is -2.26. The minimum atomic E-state index is -0.416. The van der Waals surface area contributed by atoms with Gasteiger partial charge >= 0.3 is 0 Å². The van der Waals surface area contributed by atoms with Crippen LogP contribution in [0, 0.1) is 0 Å². The smallest absolute Gasteiger partial charge is 0.244 e. The third-order valence-electron chi connectivity index (χ3n) is 3.69. The van der Waals surface area contributed by atoms with Crippen molar-refractivity contribution >= 4 is 27.5 Å². The lowest BCUT2D eigenvalue weighted by Crippen LogP contribution is -2.50. The second kappa shape index (κ2) is 5.92. The second-order valence-electron chi connectivity index (χ2n) is 4.77. The van der Waals surface area contributed by atoms with Crippen LogP contribution in [0.4, 0.5) is 5.69 Å². The van der Waals surface area contributed by atoms with Crippen LogP contribution in [-0.2, 0) is 4.79 Å². The summed E-state index contributed by atoms with van der Waals surface area (Å²) < 4.78 is 6.10. The highest BCUT2D eigenvalue weighted by Crippen LogP contribution is 2.29. The van der Waals surface area contributed by atoms with Crippen molar-refractivity contribution in [2.24, 2.45) is 0 Å². The van der Waals surface area contributed by atoms with Gasteiger partial charge < -0.3 is 15.4 Å². The van der Waals surface area contributed by atoms with Crippen LogP contribution in [0.15, 0.2) is 22.7 Å². The molecule has 1 aromatic carbocycles. The van der Waals surface area contributed by atoms with Crippen LogP contribution >= 0.6 is 15.9 Å². The number of halogens is 1. The summed E-state index contributed by atoms with van der Waals surface area (Å²) in [5.41, 5.74) is 0.340. The first-order valence-electron chi connectivity index (χ1n) is 6.51. The molecule has 5 heteroatoms. The zero-order chi connectivity index (χ0) is 13.9. The Morgan fingerprint density at radius 1 is 1.58 bits per heavy atom. The maximum Gasteiger partial charge on any atom is 0.244 e. The van der Waals surface area contributed by atoms with E-state index in [1.807, 2.05) is 25.1 Å². The molecule has 0 spiro atoms. The van der Waals surface area contributed by atoms with Gasteiger partial charge in [0.15, 0.2) is 0 Å². The predicted molar refractivity (Wildman–Crippen MR) is 79.6 cm³/mol. The monoisotopic (exact) mass is 326 g/mol. The molecule has 0 radical (unpaired) electrons. The van der Waals surface area contributed by atoms with Gasteiger partial charge in [0.25, 0.3) is 0 Å². The minimum absolute atomic E-state index is 0.0388. The van der Waals surface area contributed by atoms with Gasteiger partial charge in [-0.25, -0.2) is 0 Å². The molecule has 4 nitrogen and oxygen atoms in total. The molecular weight excluding hydrogens is 308 g/mol. The van der Waals surface area contributed by atoms with E-state index in [9.17, 15) is 4.79 Å². The van der Waals surface area contributed by atoms with Gasteiger partial charge in [-0.3, -0.25) is 4.79 Å². The van der Waals surface area contributed by atoms with Crippen molar-refractivity contribution in [1.29, 1.82) is 0 Å². The van der Waals surface area contributed by atoms with Gasteiger partial charge in [0.05, 0.1) is 17.1 Å². The molecule has 0 aromatic heterocycles. The van der Waals surface area contributed by atoms with Crippen LogP contribution in [0.5, 0.6) is 5.75 Å². The Hall–Kier alpha value is -1.07. The first-order valence-corrected chi connectivity index (χ1v) is 7.30. The highest BCUT2D eigenvalue weighted by Gasteiger charge is 2.39. The van der Waals surface area contributed by atoms with Gasteiger partial charge in [-0.1, -0.05) is 6.92 Å². The average molecular weight is 327 g/mol. The lowest BCUT2D eigenvalue weighted by molar-refractivity contribution is -0.122. The van der Waals surface area contributed by atoms with Gasteiger partial charge in [0.2, 0.25) is 5.91 Å². The van der Waals surface area contributed by atoms with Crippen molar-refractivity contribution in [2.75, 3.05) is 19.0 Å². The molecule has 0 bridgehead atoms. The first-order chi connectivity index (χ1) is 9.11. The molecule has 1 amide bonds. The molecule has 1 unspecified atom stereocenters. The molecular formula is C14H19BrN2O2. The summed E-state index contributed by atoms with van der Waals surface area (Å²) in [5.74, 6) is 0.750. The number of benzene rings is 1. The fraction of sp³-hybridized carbons (Fsp3) is 0.500. The summed E-state index contributed by atoms with van der Waals surface area (Å²) in [6.07, 6.45) is 2.74. The molecule has 1 fully saturated rings. The van der Waals surface area contributed by atoms with E-state index in [4.69, 9.17) is 4.74 Å². The maximum atomic E-state index is 12.4. The highest BCUT2D eigenvalue weighted by atomic mass is 79.9. The quantitative estimate of drug-likeness (QED) is 0.894. The largest absolute Gasteiger partial charge is 0.495 e. The number of anilines is 1. The first kappa shape index (κ1) is 14.3. The van der Waals surface area contributed by atoms with E-state index >= 15 is 0 Å². The number of rotatable bonds is 4. The fourth-order valence-corrected chi connectivity index (χ4v) is 2.86. The number of hydrogen-bond donors (Lipinski definition) is 2. The summed E-state index contributed by atoms with van der Waals surface area (Å²) in [4.78, 5) is 12.4. The second-order valence-corrected chi connectivity index (χ2v) is 5.62. The summed E-state index contributed by atoms with van der Waals surface area (Å²) in [5, 5.41) is 6.30. The molecule has 1 saturated heterocycles. The van der Waals surface area contributed by atoms with Gasteiger partial charge in [-0.05, 0) is 53.9 Å². The van der Waals surface area contributed by atoms with Gasteiger partial charge in [0, 0.05) is 11.8 Å². The number of methoxy groups -OCH3 is 1. The Labute approximate surface area is 122 Å². The number of nitrogens with one attached hydrogen (secondary N) is 2. The van der Waals surface area contributed by atoms with Crippen LogP contribution in [-0.4, -0.2) is 25.1 Å². The molecule has 2 rings (SSSR count). The number of amides is 1. The van der Waals surface area contributed by atoms with Crippen molar-refractivity contribution in [3.8, 4) is 5.75 Å². The summed E-state index contributed by atoms with van der Waals surface area (Å²) in [6.45, 7) is 2.95. The SMILES string of the molecule is CCC1(C(=O)Nc2ccc(Br)c(OC)c2)CCCN1. The average Bonchev–Trinajstić information content (AvgIpc) is 2.91. The zero-order valence-electron chi connectivity index (χ0n) is 11.3. The van der Waals surface area contributed by atoms with E-state index in [1.165, 1.54) is 0 Å². The number of carbonyl (C=O) groups is 1. The molecule has 1 aromatic rings. The standard InChI is InChI=1S/C14H19BrN2O2/c1-3-14(7-4-8-16-14)13(18)17-10-5-6-11(15)12(9-10)19-2/h5-6,9,16H,3-4,7-8H2,1-2H3,(H,17,18). The van der Waals surface area contributed by atoms with Gasteiger partial charge in [0.1, 0.15) is 5.75 Å². The third kappa shape index (κ3) is 2.92. The van der Waals surface area contributed by atoms with E-state index in [-0.39, 0.29) is 5.91 Å². The Morgan fingerprint density at radius 2 is 2.37 bits per heavy atom. The molecule has 1 heterocycles. The maximum absolute atomic E-state index is 12.4. The molecule has 1 aliphatic rings. The van der Waals surface area contributed by atoms with Crippen LogP contribution < -0.4 is 15.4 Å². The molecule has 0 aliphatic carbocycles. The van der Waals surface area contributed by atoms with Crippen LogP contribution in [0.25, 0.3) is 0 Å². The normalized spacial score (nSPS) is 22.3. The highest BCUT2D eigenvalue weighted by molar-refractivity contribution is 9.10. The van der Waals surface area contributed by atoms with Gasteiger partial charge in [-0.15, -0.1) is 0 Å². The molecule has 0 saturated carbocycles. The molecule has 2 N–H and O–H groups in total. The van der Waals surface area contributed by atoms with E-state index in [2.05, 4.69) is 26.6 Å². The van der Waals surface area contributed by atoms with Crippen molar-refractivity contribution in [3.05, 3.63) is 22.7 Å². The summed E-state index contributed by atoms with van der Waals surface area (Å²) >= 11 is 3.40. The Kier molecular flexibility index (Phi) is 4.47. The molecule has 104 valence electrons. The minimum Gasteiger partial charge on any atom is -0.495 e. The van der Waals surface area contributed by atoms with Crippen LogP contribution in [0.2, 0.25) is 0 Å². The third-order valence-corrected chi connectivity index (χ3v) is 4.35. The molecule has 1 atom stereocenters. The predicted octanol–water partition coefficient (Wildman–Crippen LogP) is 2.93. The van der Waals surface area contributed by atoms with Gasteiger partial charge in [-0.2, -0.15) is 0 Å². The van der Waals surface area contributed by atoms with Crippen molar-refractivity contribution in [3.63, 3.8) is 0 Å². The Bertz CT molecular complexity index is 471. The van der Waals surface area contributed by atoms with E-state index in [0.29, 0.717) is 5.75 Å². The zero-order valence-corrected chi connectivity index (χ0v) is 12.8. The Balaban J connectivity index is 2.14. The Morgan fingerprint density at radius 3 is 2.95 bits per heavy atom. The molecule has 1 aliphatic heterocycles. The fourth-order valence-electron chi connectivity index (χ4n) is 2.45. The summed E-state index contributed by atoms with van der Waals surface area (Å²) in [6, 6.07) is 5.55. The molecule has 19 heavy (non-hydrogen) atoms. The van der Waals surface area contributed by atoms with Crippen molar-refractivity contribution in [1.82, 2.24) is 5.32 Å². The topological polar surface area (TPSA) is 50.4 Å². The summed E-state index contributed by atoms with van der Waals surface area (Å²) in [7, 11) is 1.61.